The summed E-state index contributed by atoms with van der Waals surface area (Å²) in [5.74, 6) is 1.28. The van der Waals surface area contributed by atoms with Gasteiger partial charge >= 0.3 is 5.97 Å². The van der Waals surface area contributed by atoms with E-state index in [4.69, 9.17) is 10.5 Å². The first-order valence-corrected chi connectivity index (χ1v) is 6.96. The van der Waals surface area contributed by atoms with Gasteiger partial charge in [-0.2, -0.15) is 11.8 Å². The Morgan fingerprint density at radius 1 is 1.50 bits per heavy atom. The first-order chi connectivity index (χ1) is 7.63. The summed E-state index contributed by atoms with van der Waals surface area (Å²) in [6.07, 6.45) is 1.22. The van der Waals surface area contributed by atoms with Crippen molar-refractivity contribution in [3.63, 3.8) is 0 Å². The highest BCUT2D eigenvalue weighted by Gasteiger charge is 2.23. The minimum atomic E-state index is -1.19. The topological polar surface area (TPSA) is 72.5 Å². The maximum absolute atomic E-state index is 11.3. The van der Waals surface area contributed by atoms with Crippen molar-refractivity contribution < 1.29 is 14.6 Å². The fourth-order valence-electron chi connectivity index (χ4n) is 1.10. The van der Waals surface area contributed by atoms with Crippen LogP contribution in [0.1, 0.15) is 33.1 Å². The van der Waals surface area contributed by atoms with Crippen LogP contribution in [0.25, 0.3) is 0 Å². The van der Waals surface area contributed by atoms with Crippen LogP contribution in [0.2, 0.25) is 0 Å². The molecule has 0 aromatic rings. The van der Waals surface area contributed by atoms with Crippen LogP contribution in [-0.2, 0) is 9.53 Å². The summed E-state index contributed by atoms with van der Waals surface area (Å²) in [6.45, 7) is 4.44. The summed E-state index contributed by atoms with van der Waals surface area (Å²) in [6, 6.07) is -0.520. The Balaban J connectivity index is 3.73. The number of thioether (sulfide) groups is 1. The number of ether oxygens (including phenoxy) is 1. The molecule has 0 fully saturated rings. The van der Waals surface area contributed by atoms with E-state index in [-0.39, 0.29) is 0 Å². The van der Waals surface area contributed by atoms with E-state index in [2.05, 4.69) is 6.92 Å². The second-order valence-corrected chi connectivity index (χ2v) is 5.01. The fraction of sp³-hybridized carbons (Fsp3) is 0.909. The van der Waals surface area contributed by atoms with E-state index in [0.717, 1.165) is 24.3 Å². The van der Waals surface area contributed by atoms with Gasteiger partial charge in [-0.05, 0) is 24.3 Å². The zero-order valence-electron chi connectivity index (χ0n) is 10.1. The SMILES string of the molecule is CCCCOC(=O)C(O)[C@H](N)CCSCC. The first kappa shape index (κ1) is 15.7. The lowest BCUT2D eigenvalue weighted by Crippen LogP contribution is -2.42. The molecule has 0 spiro atoms. The van der Waals surface area contributed by atoms with Gasteiger partial charge in [0.25, 0.3) is 0 Å². The molecule has 0 heterocycles. The van der Waals surface area contributed by atoms with Crippen LogP contribution in [0.3, 0.4) is 0 Å². The minimum absolute atomic E-state index is 0.364. The summed E-state index contributed by atoms with van der Waals surface area (Å²) in [5, 5.41) is 9.58. The summed E-state index contributed by atoms with van der Waals surface area (Å²) >= 11 is 1.74. The Morgan fingerprint density at radius 3 is 2.75 bits per heavy atom. The minimum Gasteiger partial charge on any atom is -0.464 e. The molecule has 4 nitrogen and oxygen atoms in total. The predicted molar refractivity (Wildman–Crippen MR) is 67.5 cm³/mol. The van der Waals surface area contributed by atoms with Gasteiger partial charge in [-0.15, -0.1) is 0 Å². The average Bonchev–Trinajstić information content (AvgIpc) is 2.28. The maximum Gasteiger partial charge on any atom is 0.336 e. The van der Waals surface area contributed by atoms with Crippen LogP contribution in [0.15, 0.2) is 0 Å². The third kappa shape index (κ3) is 7.09. The lowest BCUT2D eigenvalue weighted by Gasteiger charge is -2.17. The maximum atomic E-state index is 11.3. The number of aliphatic hydroxyl groups excluding tert-OH is 1. The molecule has 0 aliphatic carbocycles. The summed E-state index contributed by atoms with van der Waals surface area (Å²) < 4.78 is 4.90. The van der Waals surface area contributed by atoms with Crippen molar-refractivity contribution in [3.05, 3.63) is 0 Å². The second-order valence-electron chi connectivity index (χ2n) is 3.62. The number of unbranched alkanes of at least 4 members (excludes halogenated alkanes) is 1. The molecule has 0 rings (SSSR count). The first-order valence-electron chi connectivity index (χ1n) is 5.81. The number of hydrogen-bond acceptors (Lipinski definition) is 5. The van der Waals surface area contributed by atoms with E-state index >= 15 is 0 Å². The van der Waals surface area contributed by atoms with Crippen LogP contribution < -0.4 is 5.73 Å². The third-order valence-corrected chi connectivity index (χ3v) is 3.12. The lowest BCUT2D eigenvalue weighted by molar-refractivity contribution is -0.154. The van der Waals surface area contributed by atoms with Crippen molar-refractivity contribution >= 4 is 17.7 Å². The average molecular weight is 249 g/mol. The van der Waals surface area contributed by atoms with Crippen molar-refractivity contribution in [2.75, 3.05) is 18.1 Å². The van der Waals surface area contributed by atoms with Gasteiger partial charge in [-0.1, -0.05) is 20.3 Å². The molecular formula is C11H23NO3S. The number of rotatable bonds is 9. The highest BCUT2D eigenvalue weighted by Crippen LogP contribution is 2.06. The Labute approximate surface area is 102 Å². The molecule has 0 aromatic carbocycles. The largest absolute Gasteiger partial charge is 0.464 e. The van der Waals surface area contributed by atoms with E-state index in [0.29, 0.717) is 13.0 Å². The van der Waals surface area contributed by atoms with E-state index in [9.17, 15) is 9.90 Å². The van der Waals surface area contributed by atoms with E-state index in [1.807, 2.05) is 6.92 Å². The van der Waals surface area contributed by atoms with Crippen LogP contribution in [0, 0.1) is 0 Å². The number of esters is 1. The molecule has 16 heavy (non-hydrogen) atoms. The van der Waals surface area contributed by atoms with Gasteiger partial charge in [0.1, 0.15) is 0 Å². The highest BCUT2D eigenvalue weighted by atomic mass is 32.2. The van der Waals surface area contributed by atoms with Crippen molar-refractivity contribution in [1.82, 2.24) is 0 Å². The molecule has 0 aliphatic heterocycles. The van der Waals surface area contributed by atoms with Gasteiger partial charge in [-0.3, -0.25) is 0 Å². The van der Waals surface area contributed by atoms with Crippen molar-refractivity contribution in [2.24, 2.45) is 5.73 Å². The molecule has 0 aromatic heterocycles. The van der Waals surface area contributed by atoms with Crippen molar-refractivity contribution in [2.45, 2.75) is 45.3 Å². The molecule has 0 saturated carbocycles. The Kier molecular flexibility index (Phi) is 9.77. The molecule has 0 bridgehead atoms. The number of nitrogens with two attached hydrogens (primary N) is 1. The highest BCUT2D eigenvalue weighted by molar-refractivity contribution is 7.99. The lowest BCUT2D eigenvalue weighted by atomic mass is 10.1. The molecular weight excluding hydrogens is 226 g/mol. The summed E-state index contributed by atoms with van der Waals surface area (Å²) in [4.78, 5) is 11.3. The van der Waals surface area contributed by atoms with Crippen LogP contribution >= 0.6 is 11.8 Å². The quantitative estimate of drug-likeness (QED) is 0.474. The molecule has 3 N–H and O–H groups in total. The summed E-state index contributed by atoms with van der Waals surface area (Å²) in [7, 11) is 0. The van der Waals surface area contributed by atoms with Gasteiger partial charge in [0, 0.05) is 6.04 Å². The number of carbonyl (C=O) groups excluding carboxylic acids is 1. The Bertz CT molecular complexity index is 190. The fourth-order valence-corrected chi connectivity index (χ4v) is 1.83. The van der Waals surface area contributed by atoms with Crippen LogP contribution in [-0.4, -0.2) is 41.3 Å². The predicted octanol–water partition coefficient (Wildman–Crippen LogP) is 1.16. The molecule has 0 aliphatic rings. The molecule has 0 amide bonds. The van der Waals surface area contributed by atoms with Gasteiger partial charge in [0.05, 0.1) is 6.61 Å². The zero-order valence-corrected chi connectivity index (χ0v) is 11.0. The van der Waals surface area contributed by atoms with E-state index in [1.54, 1.807) is 11.8 Å². The third-order valence-electron chi connectivity index (χ3n) is 2.19. The molecule has 0 radical (unpaired) electrons. The molecule has 2 atom stereocenters. The number of aliphatic hydroxyl groups is 1. The summed E-state index contributed by atoms with van der Waals surface area (Å²) in [5.41, 5.74) is 5.70. The van der Waals surface area contributed by atoms with Crippen LogP contribution in [0.4, 0.5) is 0 Å². The number of carbonyl (C=O) groups is 1. The molecule has 1 unspecified atom stereocenters. The zero-order chi connectivity index (χ0) is 12.4. The Hall–Kier alpha value is -0.260. The Morgan fingerprint density at radius 2 is 2.19 bits per heavy atom. The van der Waals surface area contributed by atoms with Crippen LogP contribution in [0.5, 0.6) is 0 Å². The van der Waals surface area contributed by atoms with E-state index in [1.165, 1.54) is 0 Å². The molecule has 96 valence electrons. The number of hydrogen-bond donors (Lipinski definition) is 2. The van der Waals surface area contributed by atoms with Gasteiger partial charge in [-0.25, -0.2) is 4.79 Å². The monoisotopic (exact) mass is 249 g/mol. The second kappa shape index (κ2) is 9.93. The smallest absolute Gasteiger partial charge is 0.336 e. The van der Waals surface area contributed by atoms with Gasteiger partial charge in [0.2, 0.25) is 0 Å². The van der Waals surface area contributed by atoms with E-state index < -0.39 is 18.1 Å². The van der Waals surface area contributed by atoms with Crippen molar-refractivity contribution in [1.29, 1.82) is 0 Å². The standard InChI is InChI=1S/C11H23NO3S/c1-3-5-7-15-11(14)10(13)9(12)6-8-16-4-2/h9-10,13H,3-8,12H2,1-2H3/t9-,10?/m1/s1. The van der Waals surface area contributed by atoms with Crippen molar-refractivity contribution in [3.8, 4) is 0 Å². The molecule has 0 saturated heterocycles. The molecule has 5 heteroatoms. The van der Waals surface area contributed by atoms with Gasteiger partial charge in [0.15, 0.2) is 6.10 Å². The normalized spacial score (nSPS) is 14.5. The van der Waals surface area contributed by atoms with Gasteiger partial charge < -0.3 is 15.6 Å².